The topological polar surface area (TPSA) is 26.3 Å². The monoisotopic (exact) mass is 422 g/mol. The number of hydrogen-bond acceptors (Lipinski definition) is 2. The number of carbonyl (C=O) groups is 1. The van der Waals surface area contributed by atoms with Crippen molar-refractivity contribution in [1.29, 1.82) is 0 Å². The van der Waals surface area contributed by atoms with Gasteiger partial charge < -0.3 is 4.74 Å². The second-order valence-electron chi connectivity index (χ2n) is 9.42. The highest BCUT2D eigenvalue weighted by Crippen LogP contribution is 2.54. The molecule has 0 N–H and O–H groups in total. The number of unbranched alkanes of at least 4 members (excludes halogenated alkanes) is 7. The lowest BCUT2D eigenvalue weighted by Gasteiger charge is -2.23. The van der Waals surface area contributed by atoms with E-state index in [-0.39, 0.29) is 11.9 Å². The standard InChI is InChI=1S/C16H30.C10H18O2.C2H6/c1-4-6-8-9-10-12-15(11-7-5-2)16(3)13-14-16;1-2-3-4-5-6-9-7-8-12-10(9)11;1-2/h5,15H,2,4,6-14H2,1,3H3;9H,2-8H2,1H3;1-2H3. The number of esters is 1. The van der Waals surface area contributed by atoms with Crippen LogP contribution in [0.25, 0.3) is 0 Å². The summed E-state index contributed by atoms with van der Waals surface area (Å²) in [6.07, 6.45) is 23.2. The highest BCUT2D eigenvalue weighted by Gasteiger charge is 2.43. The van der Waals surface area contributed by atoms with Crippen molar-refractivity contribution in [2.75, 3.05) is 6.61 Å². The molecule has 0 aromatic carbocycles. The molecule has 0 aromatic heterocycles. The first-order valence-electron chi connectivity index (χ1n) is 13.3. The molecule has 2 rings (SSSR count). The molecule has 178 valence electrons. The lowest BCUT2D eigenvalue weighted by atomic mass is 9.83. The normalized spacial score (nSPS) is 19.6. The van der Waals surface area contributed by atoms with Gasteiger partial charge in [-0.25, -0.2) is 0 Å². The van der Waals surface area contributed by atoms with E-state index < -0.39 is 0 Å². The van der Waals surface area contributed by atoms with E-state index in [0.29, 0.717) is 12.0 Å². The number of rotatable bonds is 15. The Kier molecular flexibility index (Phi) is 18.4. The SMILES string of the molecule is C=CCCC(CCCCCCC)C1(C)CC1.CC.CCCCCCC1CCOC1=O. The maximum absolute atomic E-state index is 11.0. The average Bonchev–Trinajstić information content (AvgIpc) is 3.38. The minimum Gasteiger partial charge on any atom is -0.465 e. The number of ether oxygens (including phenoxy) is 1. The van der Waals surface area contributed by atoms with Crippen LogP contribution in [-0.4, -0.2) is 12.6 Å². The van der Waals surface area contributed by atoms with Crippen molar-refractivity contribution in [2.24, 2.45) is 17.3 Å². The van der Waals surface area contributed by atoms with Crippen molar-refractivity contribution >= 4 is 5.97 Å². The van der Waals surface area contributed by atoms with Gasteiger partial charge in [0.2, 0.25) is 0 Å². The molecule has 0 aromatic rings. The molecule has 30 heavy (non-hydrogen) atoms. The second-order valence-corrected chi connectivity index (χ2v) is 9.42. The average molecular weight is 423 g/mol. The third kappa shape index (κ3) is 13.5. The van der Waals surface area contributed by atoms with Crippen molar-refractivity contribution in [3.8, 4) is 0 Å². The molecule has 2 aliphatic rings. The van der Waals surface area contributed by atoms with Crippen LogP contribution in [0.15, 0.2) is 12.7 Å². The number of allylic oxidation sites excluding steroid dienone is 1. The number of cyclic esters (lactones) is 1. The van der Waals surface area contributed by atoms with Gasteiger partial charge in [0.25, 0.3) is 0 Å². The summed E-state index contributed by atoms with van der Waals surface area (Å²) in [5.41, 5.74) is 0.716. The van der Waals surface area contributed by atoms with Crippen LogP contribution in [0.4, 0.5) is 0 Å². The van der Waals surface area contributed by atoms with Gasteiger partial charge in [-0.05, 0) is 56.3 Å². The van der Waals surface area contributed by atoms with Crippen molar-refractivity contribution in [2.45, 2.75) is 137 Å². The molecule has 2 heteroatoms. The van der Waals surface area contributed by atoms with Gasteiger partial charge in [0.05, 0.1) is 12.5 Å². The zero-order valence-corrected chi connectivity index (χ0v) is 21.3. The summed E-state index contributed by atoms with van der Waals surface area (Å²) >= 11 is 0. The van der Waals surface area contributed by atoms with E-state index in [1.165, 1.54) is 89.9 Å². The zero-order valence-electron chi connectivity index (χ0n) is 21.3. The Morgan fingerprint density at radius 1 is 1.00 bits per heavy atom. The molecule has 0 radical (unpaired) electrons. The molecule has 2 atom stereocenters. The highest BCUT2D eigenvalue weighted by atomic mass is 16.5. The van der Waals surface area contributed by atoms with Crippen molar-refractivity contribution in [3.05, 3.63) is 12.7 Å². The fraction of sp³-hybridized carbons (Fsp3) is 0.893. The Labute approximate surface area is 189 Å². The van der Waals surface area contributed by atoms with E-state index >= 15 is 0 Å². The molecule has 1 aliphatic heterocycles. The highest BCUT2D eigenvalue weighted by molar-refractivity contribution is 5.73. The first-order chi connectivity index (χ1) is 14.6. The van der Waals surface area contributed by atoms with Crippen LogP contribution in [0, 0.1) is 17.3 Å². The van der Waals surface area contributed by atoms with Crippen LogP contribution in [0.5, 0.6) is 0 Å². The van der Waals surface area contributed by atoms with Gasteiger partial charge in [-0.2, -0.15) is 0 Å². The van der Waals surface area contributed by atoms with Crippen molar-refractivity contribution < 1.29 is 9.53 Å². The molecule has 1 saturated carbocycles. The molecule has 1 aliphatic carbocycles. The van der Waals surface area contributed by atoms with Gasteiger partial charge in [-0.1, -0.05) is 98.5 Å². The van der Waals surface area contributed by atoms with Gasteiger partial charge in [-0.3, -0.25) is 4.79 Å². The maximum atomic E-state index is 11.0. The van der Waals surface area contributed by atoms with Crippen LogP contribution in [-0.2, 0) is 9.53 Å². The van der Waals surface area contributed by atoms with Crippen LogP contribution >= 0.6 is 0 Å². The molecule has 2 unspecified atom stereocenters. The lowest BCUT2D eigenvalue weighted by molar-refractivity contribution is -0.141. The molecule has 2 nitrogen and oxygen atoms in total. The predicted octanol–water partition coefficient (Wildman–Crippen LogP) is 9.28. The summed E-state index contributed by atoms with van der Waals surface area (Å²) in [4.78, 5) is 11.0. The second kappa shape index (κ2) is 18.9. The Morgan fingerprint density at radius 3 is 2.10 bits per heavy atom. The number of carbonyl (C=O) groups excluding carboxylic acids is 1. The Balaban J connectivity index is 0.000000535. The first-order valence-corrected chi connectivity index (χ1v) is 13.3. The van der Waals surface area contributed by atoms with E-state index in [2.05, 4.69) is 33.4 Å². The van der Waals surface area contributed by atoms with E-state index in [0.717, 1.165) is 18.8 Å². The summed E-state index contributed by atoms with van der Waals surface area (Å²) in [5, 5.41) is 0. The maximum Gasteiger partial charge on any atom is 0.309 e. The van der Waals surface area contributed by atoms with Gasteiger partial charge in [0, 0.05) is 0 Å². The van der Waals surface area contributed by atoms with E-state index in [1.54, 1.807) is 0 Å². The Bertz CT molecular complexity index is 411. The summed E-state index contributed by atoms with van der Waals surface area (Å²) in [6, 6.07) is 0. The third-order valence-corrected chi connectivity index (χ3v) is 6.85. The Hall–Kier alpha value is -0.790. The summed E-state index contributed by atoms with van der Waals surface area (Å²) < 4.78 is 4.88. The largest absolute Gasteiger partial charge is 0.465 e. The smallest absolute Gasteiger partial charge is 0.309 e. The molecule has 0 bridgehead atoms. The van der Waals surface area contributed by atoms with Gasteiger partial charge in [0.1, 0.15) is 0 Å². The minimum atomic E-state index is 0.0338. The van der Waals surface area contributed by atoms with E-state index in [9.17, 15) is 4.79 Å². The van der Waals surface area contributed by atoms with Crippen molar-refractivity contribution in [3.63, 3.8) is 0 Å². The molecular weight excluding hydrogens is 368 g/mol. The molecule has 1 heterocycles. The predicted molar refractivity (Wildman–Crippen MR) is 133 cm³/mol. The van der Waals surface area contributed by atoms with Crippen LogP contribution < -0.4 is 0 Å². The van der Waals surface area contributed by atoms with Gasteiger partial charge in [0.15, 0.2) is 0 Å². The minimum absolute atomic E-state index is 0.0338. The zero-order chi connectivity index (χ0) is 22.7. The molecule has 0 amide bonds. The fourth-order valence-electron chi connectivity index (χ4n) is 4.38. The molecule has 0 spiro atoms. The van der Waals surface area contributed by atoms with Crippen LogP contribution in [0.3, 0.4) is 0 Å². The Morgan fingerprint density at radius 2 is 1.60 bits per heavy atom. The first kappa shape index (κ1) is 29.2. The van der Waals surface area contributed by atoms with E-state index in [1.807, 2.05) is 13.8 Å². The molecule has 2 fully saturated rings. The van der Waals surface area contributed by atoms with Crippen LogP contribution in [0.2, 0.25) is 0 Å². The molecule has 1 saturated heterocycles. The van der Waals surface area contributed by atoms with Gasteiger partial charge in [-0.15, -0.1) is 6.58 Å². The van der Waals surface area contributed by atoms with Crippen LogP contribution in [0.1, 0.15) is 137 Å². The third-order valence-electron chi connectivity index (χ3n) is 6.85. The van der Waals surface area contributed by atoms with E-state index in [4.69, 9.17) is 4.74 Å². The number of hydrogen-bond donors (Lipinski definition) is 0. The quantitative estimate of drug-likeness (QED) is 0.149. The van der Waals surface area contributed by atoms with Crippen molar-refractivity contribution in [1.82, 2.24) is 0 Å². The summed E-state index contributed by atoms with van der Waals surface area (Å²) in [5.74, 6) is 1.24. The summed E-state index contributed by atoms with van der Waals surface area (Å²) in [6.45, 7) is 15.5. The fourth-order valence-corrected chi connectivity index (χ4v) is 4.38. The summed E-state index contributed by atoms with van der Waals surface area (Å²) in [7, 11) is 0. The molecular formula is C28H54O2. The lowest BCUT2D eigenvalue weighted by Crippen LogP contribution is -2.12. The van der Waals surface area contributed by atoms with Gasteiger partial charge >= 0.3 is 5.97 Å².